The highest BCUT2D eigenvalue weighted by atomic mass is 79.9. The second-order valence-electron chi connectivity index (χ2n) is 3.97. The van der Waals surface area contributed by atoms with E-state index >= 15 is 0 Å². The molecule has 4 nitrogen and oxygen atoms in total. The van der Waals surface area contributed by atoms with Gasteiger partial charge in [0.05, 0.1) is 4.88 Å². The summed E-state index contributed by atoms with van der Waals surface area (Å²) >= 11 is 16.2. The first-order valence-electron chi connectivity index (χ1n) is 5.63. The Morgan fingerprint density at radius 3 is 2.81 bits per heavy atom. The number of aromatic nitrogens is 1. The van der Waals surface area contributed by atoms with Crippen LogP contribution in [0.5, 0.6) is 0 Å². The first-order chi connectivity index (χ1) is 10.0. The van der Waals surface area contributed by atoms with Crippen molar-refractivity contribution in [3.8, 4) is 0 Å². The molecule has 0 aliphatic carbocycles. The van der Waals surface area contributed by atoms with Crippen molar-refractivity contribution < 1.29 is 9.53 Å². The maximum absolute atomic E-state index is 11.9. The lowest BCUT2D eigenvalue weighted by molar-refractivity contribution is -0.129. The van der Waals surface area contributed by atoms with Crippen LogP contribution >= 0.6 is 50.5 Å². The van der Waals surface area contributed by atoms with Crippen molar-refractivity contribution in [3.63, 3.8) is 0 Å². The molecule has 0 saturated carbocycles. The number of ether oxygens (including phenoxy) is 1. The zero-order valence-corrected chi connectivity index (χ0v) is 14.1. The van der Waals surface area contributed by atoms with Gasteiger partial charge in [-0.05, 0) is 24.3 Å². The molecule has 0 radical (unpaired) electrons. The standard InChI is InChI=1S/C13H5BrCl2N2O2S/c14-7-3-1-2-6(4-7)11-17-8(12(19)20-11)5-9-10(15)18-13(16)21-9/h1-5H. The number of esters is 1. The molecule has 1 aromatic carbocycles. The van der Waals surface area contributed by atoms with E-state index in [2.05, 4.69) is 25.9 Å². The van der Waals surface area contributed by atoms with E-state index in [1.54, 1.807) is 6.07 Å². The van der Waals surface area contributed by atoms with Crippen LogP contribution in [-0.2, 0) is 9.53 Å². The predicted octanol–water partition coefficient (Wildman–Crippen LogP) is 4.56. The Balaban J connectivity index is 1.97. The lowest BCUT2D eigenvalue weighted by Gasteiger charge is -1.99. The number of thiazole rings is 1. The van der Waals surface area contributed by atoms with Gasteiger partial charge in [-0.15, -0.1) is 11.3 Å². The number of cyclic esters (lactones) is 1. The van der Waals surface area contributed by atoms with Gasteiger partial charge in [-0.3, -0.25) is 0 Å². The predicted molar refractivity (Wildman–Crippen MR) is 86.9 cm³/mol. The topological polar surface area (TPSA) is 51.5 Å². The fourth-order valence-corrected chi connectivity index (χ4v) is 3.36. The molecule has 1 aliphatic heterocycles. The second-order valence-corrected chi connectivity index (χ2v) is 6.85. The van der Waals surface area contributed by atoms with Crippen LogP contribution in [0.2, 0.25) is 9.62 Å². The van der Waals surface area contributed by atoms with E-state index < -0.39 is 5.97 Å². The number of carbonyl (C=O) groups is 1. The van der Waals surface area contributed by atoms with Crippen molar-refractivity contribution in [2.24, 2.45) is 4.99 Å². The largest absolute Gasteiger partial charge is 0.402 e. The maximum atomic E-state index is 11.9. The lowest BCUT2D eigenvalue weighted by atomic mass is 10.2. The molecule has 0 amide bonds. The average molecular weight is 404 g/mol. The van der Waals surface area contributed by atoms with Crippen molar-refractivity contribution in [2.75, 3.05) is 0 Å². The quantitative estimate of drug-likeness (QED) is 0.545. The zero-order chi connectivity index (χ0) is 15.0. The molecule has 1 aliphatic rings. The van der Waals surface area contributed by atoms with Crippen molar-refractivity contribution in [3.05, 3.63) is 54.5 Å². The molecular weight excluding hydrogens is 399 g/mol. The van der Waals surface area contributed by atoms with E-state index in [1.165, 1.54) is 6.08 Å². The molecule has 2 heterocycles. The van der Waals surface area contributed by atoms with Crippen molar-refractivity contribution in [1.29, 1.82) is 0 Å². The molecule has 106 valence electrons. The number of rotatable bonds is 2. The molecule has 0 bridgehead atoms. The third kappa shape index (κ3) is 3.18. The van der Waals surface area contributed by atoms with Gasteiger partial charge in [0.25, 0.3) is 0 Å². The first-order valence-corrected chi connectivity index (χ1v) is 8.00. The van der Waals surface area contributed by atoms with E-state index in [1.807, 2.05) is 18.2 Å². The smallest absolute Gasteiger partial charge is 0.363 e. The summed E-state index contributed by atoms with van der Waals surface area (Å²) in [5.41, 5.74) is 0.863. The normalized spacial score (nSPS) is 16.2. The van der Waals surface area contributed by atoms with Crippen LogP contribution in [0.4, 0.5) is 0 Å². The molecule has 0 unspecified atom stereocenters. The SMILES string of the molecule is O=C1OC(c2cccc(Br)c2)=NC1=Cc1sc(Cl)nc1Cl. The van der Waals surface area contributed by atoms with Crippen LogP contribution < -0.4 is 0 Å². The van der Waals surface area contributed by atoms with Crippen LogP contribution in [0, 0.1) is 0 Å². The van der Waals surface area contributed by atoms with Gasteiger partial charge >= 0.3 is 5.97 Å². The van der Waals surface area contributed by atoms with E-state index in [-0.39, 0.29) is 16.7 Å². The van der Waals surface area contributed by atoms with Gasteiger partial charge in [0, 0.05) is 10.0 Å². The van der Waals surface area contributed by atoms with Crippen LogP contribution in [0.1, 0.15) is 10.4 Å². The van der Waals surface area contributed by atoms with Crippen molar-refractivity contribution >= 4 is 68.4 Å². The number of carbonyl (C=O) groups excluding carboxylic acids is 1. The molecular formula is C13H5BrCl2N2O2S. The summed E-state index contributed by atoms with van der Waals surface area (Å²) in [6.45, 7) is 0. The molecule has 1 aromatic heterocycles. The number of hydrogen-bond donors (Lipinski definition) is 0. The third-order valence-corrected chi connectivity index (χ3v) is 4.54. The van der Waals surface area contributed by atoms with Crippen molar-refractivity contribution in [1.82, 2.24) is 4.98 Å². The molecule has 21 heavy (non-hydrogen) atoms. The fraction of sp³-hybridized carbons (Fsp3) is 0. The van der Waals surface area contributed by atoms with Gasteiger partial charge in [0.1, 0.15) is 5.15 Å². The lowest BCUT2D eigenvalue weighted by Crippen LogP contribution is -2.05. The summed E-state index contributed by atoms with van der Waals surface area (Å²) in [5, 5.41) is 0.233. The van der Waals surface area contributed by atoms with Gasteiger partial charge < -0.3 is 4.74 Å². The monoisotopic (exact) mass is 402 g/mol. The summed E-state index contributed by atoms with van der Waals surface area (Å²) in [4.78, 5) is 20.5. The highest BCUT2D eigenvalue weighted by molar-refractivity contribution is 9.10. The minimum absolute atomic E-state index is 0.159. The van der Waals surface area contributed by atoms with Crippen LogP contribution in [-0.4, -0.2) is 16.9 Å². The Bertz CT molecular complexity index is 801. The van der Waals surface area contributed by atoms with Gasteiger partial charge in [-0.2, -0.15) is 0 Å². The Morgan fingerprint density at radius 2 is 2.14 bits per heavy atom. The number of benzene rings is 1. The summed E-state index contributed by atoms with van der Waals surface area (Å²) < 4.78 is 6.33. The minimum Gasteiger partial charge on any atom is -0.402 e. The maximum Gasteiger partial charge on any atom is 0.363 e. The Morgan fingerprint density at radius 1 is 1.33 bits per heavy atom. The highest BCUT2D eigenvalue weighted by Gasteiger charge is 2.25. The van der Waals surface area contributed by atoms with Crippen LogP contribution in [0.3, 0.4) is 0 Å². The van der Waals surface area contributed by atoms with E-state index in [4.69, 9.17) is 27.9 Å². The van der Waals surface area contributed by atoms with Crippen LogP contribution in [0.25, 0.3) is 6.08 Å². The molecule has 0 atom stereocenters. The van der Waals surface area contributed by atoms with Crippen molar-refractivity contribution in [2.45, 2.75) is 0 Å². The van der Waals surface area contributed by atoms with E-state index in [0.717, 1.165) is 15.8 Å². The van der Waals surface area contributed by atoms with E-state index in [0.29, 0.717) is 14.9 Å². The summed E-state index contributed by atoms with van der Waals surface area (Å²) in [6, 6.07) is 7.32. The summed E-state index contributed by atoms with van der Waals surface area (Å²) in [5.74, 6) is -0.287. The molecule has 0 spiro atoms. The number of hydrogen-bond acceptors (Lipinski definition) is 5. The number of nitrogens with zero attached hydrogens (tertiary/aromatic N) is 2. The molecule has 2 aromatic rings. The zero-order valence-electron chi connectivity index (χ0n) is 10.1. The Labute approximate surface area is 142 Å². The molecule has 3 rings (SSSR count). The number of halogens is 3. The van der Waals surface area contributed by atoms with Gasteiger partial charge in [-0.25, -0.2) is 14.8 Å². The molecule has 0 N–H and O–H groups in total. The van der Waals surface area contributed by atoms with Gasteiger partial charge in [-0.1, -0.05) is 45.2 Å². The average Bonchev–Trinajstić information content (AvgIpc) is 2.94. The molecule has 0 saturated heterocycles. The molecule has 0 fully saturated rings. The Hall–Kier alpha value is -1.21. The minimum atomic E-state index is -0.537. The fourth-order valence-electron chi connectivity index (χ4n) is 1.66. The highest BCUT2D eigenvalue weighted by Crippen LogP contribution is 2.30. The summed E-state index contributed by atoms with van der Waals surface area (Å²) in [7, 11) is 0. The second kappa shape index (κ2) is 5.88. The summed E-state index contributed by atoms with van der Waals surface area (Å²) in [6.07, 6.45) is 1.51. The van der Waals surface area contributed by atoms with Gasteiger partial charge in [0.2, 0.25) is 5.90 Å². The number of aliphatic imine (C=N–C) groups is 1. The molecule has 8 heteroatoms. The Kier molecular flexibility index (Phi) is 4.12. The van der Waals surface area contributed by atoms with Crippen LogP contribution in [0.15, 0.2) is 39.4 Å². The van der Waals surface area contributed by atoms with Gasteiger partial charge in [0.15, 0.2) is 10.2 Å². The first kappa shape index (κ1) is 14.7. The third-order valence-electron chi connectivity index (χ3n) is 2.54. The van der Waals surface area contributed by atoms with E-state index in [9.17, 15) is 4.79 Å².